The molecular formula is C20H29N5. The Balaban J connectivity index is 1.51. The highest BCUT2D eigenvalue weighted by atomic mass is 15.3. The molecule has 1 aliphatic carbocycles. The van der Waals surface area contributed by atoms with Gasteiger partial charge in [0.2, 0.25) is 0 Å². The lowest BCUT2D eigenvalue weighted by Gasteiger charge is -2.19. The Morgan fingerprint density at radius 3 is 2.48 bits per heavy atom. The van der Waals surface area contributed by atoms with Crippen LogP contribution in [0.2, 0.25) is 0 Å². The number of nitrogens with one attached hydrogen (secondary N) is 2. The van der Waals surface area contributed by atoms with Crippen molar-refractivity contribution >= 4 is 5.96 Å². The van der Waals surface area contributed by atoms with Crippen LogP contribution in [0.4, 0.5) is 0 Å². The molecule has 0 spiro atoms. The normalized spacial score (nSPS) is 15.9. The third-order valence-electron chi connectivity index (χ3n) is 5.38. The maximum atomic E-state index is 4.48. The fourth-order valence-corrected chi connectivity index (χ4v) is 3.47. The topological polar surface area (TPSA) is 54.2 Å². The van der Waals surface area contributed by atoms with Crippen molar-refractivity contribution in [3.05, 3.63) is 52.8 Å². The molecule has 25 heavy (non-hydrogen) atoms. The van der Waals surface area contributed by atoms with E-state index in [4.69, 9.17) is 0 Å². The summed E-state index contributed by atoms with van der Waals surface area (Å²) in [4.78, 5) is 4.37. The smallest absolute Gasteiger partial charge is 0.191 e. The molecule has 0 radical (unpaired) electrons. The number of hydrogen-bond acceptors (Lipinski definition) is 2. The van der Waals surface area contributed by atoms with Crippen molar-refractivity contribution < 1.29 is 0 Å². The molecule has 134 valence electrons. The minimum Gasteiger partial charge on any atom is -0.356 e. The van der Waals surface area contributed by atoms with Crippen LogP contribution in [0.1, 0.15) is 35.4 Å². The molecule has 0 bridgehead atoms. The molecule has 3 rings (SSSR count). The number of hydrogen-bond donors (Lipinski definition) is 2. The average Bonchev–Trinajstić information content (AvgIpc) is 3.38. The summed E-state index contributed by atoms with van der Waals surface area (Å²) in [6.07, 6.45) is 3.44. The lowest BCUT2D eigenvalue weighted by Crippen LogP contribution is -2.42. The van der Waals surface area contributed by atoms with Gasteiger partial charge in [-0.25, -0.2) is 0 Å². The van der Waals surface area contributed by atoms with Crippen LogP contribution in [-0.2, 0) is 18.9 Å². The fraction of sp³-hybridized carbons (Fsp3) is 0.500. The quantitative estimate of drug-likeness (QED) is 0.628. The summed E-state index contributed by atoms with van der Waals surface area (Å²) in [6, 6.07) is 10.8. The largest absolute Gasteiger partial charge is 0.356 e. The van der Waals surface area contributed by atoms with Crippen molar-refractivity contribution in [1.29, 1.82) is 0 Å². The van der Waals surface area contributed by atoms with Gasteiger partial charge in [-0.3, -0.25) is 9.67 Å². The Kier molecular flexibility index (Phi) is 5.11. The number of benzene rings is 1. The second kappa shape index (κ2) is 7.30. The minimum atomic E-state index is 0.287. The summed E-state index contributed by atoms with van der Waals surface area (Å²) in [5, 5.41) is 11.4. The molecule has 0 unspecified atom stereocenters. The first-order valence-electron chi connectivity index (χ1n) is 9.05. The molecule has 0 aliphatic heterocycles. The Hall–Kier alpha value is -2.30. The zero-order valence-corrected chi connectivity index (χ0v) is 15.8. The average molecular weight is 339 g/mol. The summed E-state index contributed by atoms with van der Waals surface area (Å²) >= 11 is 0. The molecule has 5 nitrogen and oxygen atoms in total. The monoisotopic (exact) mass is 339 g/mol. The van der Waals surface area contributed by atoms with Crippen LogP contribution in [0, 0.1) is 13.8 Å². The van der Waals surface area contributed by atoms with Crippen molar-refractivity contribution in [2.24, 2.45) is 12.0 Å². The zero-order chi connectivity index (χ0) is 17.9. The highest BCUT2D eigenvalue weighted by Crippen LogP contribution is 2.47. The van der Waals surface area contributed by atoms with Crippen molar-refractivity contribution in [2.75, 3.05) is 20.1 Å². The molecule has 0 amide bonds. The summed E-state index contributed by atoms with van der Waals surface area (Å²) < 4.78 is 1.95. The molecule has 1 fully saturated rings. The Morgan fingerprint density at radius 1 is 1.20 bits per heavy atom. The van der Waals surface area contributed by atoms with E-state index in [1.54, 1.807) is 0 Å². The van der Waals surface area contributed by atoms with Crippen LogP contribution in [-0.4, -0.2) is 35.9 Å². The van der Waals surface area contributed by atoms with Gasteiger partial charge in [0.25, 0.3) is 0 Å². The lowest BCUT2D eigenvalue weighted by molar-refractivity contribution is 0.645. The zero-order valence-electron chi connectivity index (χ0n) is 15.8. The highest BCUT2D eigenvalue weighted by molar-refractivity contribution is 5.79. The Morgan fingerprint density at radius 2 is 1.92 bits per heavy atom. The van der Waals surface area contributed by atoms with Gasteiger partial charge in [0, 0.05) is 38.3 Å². The number of aliphatic imine (C=N–C) groups is 1. The van der Waals surface area contributed by atoms with E-state index < -0.39 is 0 Å². The van der Waals surface area contributed by atoms with E-state index in [-0.39, 0.29) is 5.41 Å². The van der Waals surface area contributed by atoms with Gasteiger partial charge in [0.1, 0.15) is 0 Å². The molecular weight excluding hydrogens is 310 g/mol. The molecule has 1 saturated carbocycles. The number of nitrogens with zero attached hydrogens (tertiary/aromatic N) is 3. The number of aryl methyl sites for hydroxylation is 2. The predicted molar refractivity (Wildman–Crippen MR) is 103 cm³/mol. The van der Waals surface area contributed by atoms with Gasteiger partial charge < -0.3 is 10.6 Å². The summed E-state index contributed by atoms with van der Waals surface area (Å²) in [6.45, 7) is 5.98. The molecule has 1 aromatic carbocycles. The first-order valence-corrected chi connectivity index (χ1v) is 9.05. The van der Waals surface area contributed by atoms with Crippen LogP contribution < -0.4 is 10.6 Å². The second-order valence-electron chi connectivity index (χ2n) is 7.02. The lowest BCUT2D eigenvalue weighted by atomic mass is 9.96. The summed E-state index contributed by atoms with van der Waals surface area (Å²) in [5.74, 6) is 0.876. The molecule has 2 aromatic rings. The maximum Gasteiger partial charge on any atom is 0.191 e. The third-order valence-corrected chi connectivity index (χ3v) is 5.38. The first kappa shape index (κ1) is 17.5. The minimum absolute atomic E-state index is 0.287. The number of guanidine groups is 1. The van der Waals surface area contributed by atoms with Gasteiger partial charge in [-0.1, -0.05) is 30.3 Å². The van der Waals surface area contributed by atoms with Crippen LogP contribution in [0.3, 0.4) is 0 Å². The standard InChI is InChI=1S/C20H29N5/c1-15-18(16(2)25(4)24-15)10-13-22-19(21-3)23-14-20(11-12-20)17-8-6-5-7-9-17/h5-9H,10-14H2,1-4H3,(H2,21,22,23). The van der Waals surface area contributed by atoms with Gasteiger partial charge in [-0.05, 0) is 44.2 Å². The van der Waals surface area contributed by atoms with Crippen molar-refractivity contribution in [1.82, 2.24) is 20.4 Å². The first-order chi connectivity index (χ1) is 12.1. The Labute approximate surface area is 150 Å². The van der Waals surface area contributed by atoms with E-state index in [0.717, 1.165) is 31.2 Å². The van der Waals surface area contributed by atoms with E-state index in [2.05, 4.69) is 64.9 Å². The highest BCUT2D eigenvalue weighted by Gasteiger charge is 2.43. The van der Waals surface area contributed by atoms with Gasteiger partial charge in [0.15, 0.2) is 5.96 Å². The van der Waals surface area contributed by atoms with E-state index in [1.807, 2.05) is 18.8 Å². The van der Waals surface area contributed by atoms with Crippen molar-refractivity contribution in [3.8, 4) is 0 Å². The predicted octanol–water partition coefficient (Wildman–Crippen LogP) is 2.48. The van der Waals surface area contributed by atoms with Gasteiger partial charge >= 0.3 is 0 Å². The maximum absolute atomic E-state index is 4.48. The van der Waals surface area contributed by atoms with E-state index in [0.29, 0.717) is 0 Å². The summed E-state index contributed by atoms with van der Waals surface area (Å²) in [7, 11) is 3.83. The second-order valence-corrected chi connectivity index (χ2v) is 7.02. The van der Waals surface area contributed by atoms with Crippen LogP contribution >= 0.6 is 0 Å². The molecule has 0 atom stereocenters. The molecule has 2 N–H and O–H groups in total. The van der Waals surface area contributed by atoms with E-state index in [1.165, 1.54) is 29.7 Å². The van der Waals surface area contributed by atoms with Crippen molar-refractivity contribution in [2.45, 2.75) is 38.5 Å². The molecule has 1 heterocycles. The van der Waals surface area contributed by atoms with Gasteiger partial charge in [-0.15, -0.1) is 0 Å². The summed E-state index contributed by atoms with van der Waals surface area (Å²) in [5.41, 5.74) is 5.40. The van der Waals surface area contributed by atoms with E-state index in [9.17, 15) is 0 Å². The van der Waals surface area contributed by atoms with E-state index >= 15 is 0 Å². The number of rotatable bonds is 6. The molecule has 0 saturated heterocycles. The van der Waals surface area contributed by atoms with Crippen LogP contribution in [0.5, 0.6) is 0 Å². The van der Waals surface area contributed by atoms with Crippen molar-refractivity contribution in [3.63, 3.8) is 0 Å². The van der Waals surface area contributed by atoms with Gasteiger partial charge in [-0.2, -0.15) is 5.10 Å². The fourth-order valence-electron chi connectivity index (χ4n) is 3.47. The molecule has 5 heteroatoms. The Bertz CT molecular complexity index is 741. The third kappa shape index (κ3) is 3.86. The SMILES string of the molecule is CN=C(NCCc1c(C)nn(C)c1C)NCC1(c2ccccc2)CC1. The van der Waals surface area contributed by atoms with Crippen LogP contribution in [0.15, 0.2) is 35.3 Å². The molecule has 1 aliphatic rings. The molecule has 1 aromatic heterocycles. The number of aromatic nitrogens is 2. The van der Waals surface area contributed by atoms with Gasteiger partial charge in [0.05, 0.1) is 5.69 Å². The van der Waals surface area contributed by atoms with Crippen LogP contribution in [0.25, 0.3) is 0 Å².